The van der Waals surface area contributed by atoms with E-state index >= 15 is 0 Å². The molecule has 0 bridgehead atoms. The molecule has 0 saturated heterocycles. The van der Waals surface area contributed by atoms with Crippen LogP contribution >= 0.6 is 22.2 Å². The molecule has 0 heterocycles. The minimum Gasteiger partial charge on any atom is -0.141 e. The highest BCUT2D eigenvalue weighted by Crippen LogP contribution is 2.07. The fourth-order valence-electron chi connectivity index (χ4n) is 1.21. The second-order valence-electron chi connectivity index (χ2n) is 3.25. The number of hydrogen-bond acceptors (Lipinski definition) is 0. The van der Waals surface area contributed by atoms with Crippen LogP contribution in [0, 0.1) is 0 Å². The van der Waals surface area contributed by atoms with Crippen LogP contribution in [0.1, 0.15) is 51.9 Å². The maximum atomic E-state index is 5.64. The molecule has 0 unspecified atom stereocenters. The van der Waals surface area contributed by atoms with Gasteiger partial charge in [-0.2, -0.15) is 0 Å². The summed E-state index contributed by atoms with van der Waals surface area (Å²) < 4.78 is 0. The summed E-state index contributed by atoms with van der Waals surface area (Å²) in [5.41, 5.74) is 1.94. The third kappa shape index (κ3) is 12.5. The van der Waals surface area contributed by atoms with E-state index in [1.165, 1.54) is 38.5 Å². The average Bonchev–Trinajstić information content (AvgIpc) is 2.09. The number of hydrogen-bond donors (Lipinski definition) is 0. The monoisotopic (exact) mass is 237 g/mol. The molecule has 3 heteroatoms. The highest BCUT2D eigenvalue weighted by molar-refractivity contribution is 7.36. The average molecular weight is 238 g/mol. The van der Waals surface area contributed by atoms with Gasteiger partial charge in [-0.1, -0.05) is 50.8 Å². The topological polar surface area (TPSA) is 0 Å². The molecule has 0 fully saturated rings. The first kappa shape index (κ1) is 13.5. The molecule has 0 spiro atoms. The smallest absolute Gasteiger partial charge is 0.141 e. The third-order valence-corrected chi connectivity index (χ3v) is 3.21. The first-order valence-corrected chi connectivity index (χ1v) is 8.72. The van der Waals surface area contributed by atoms with E-state index < -0.39 is 7.42 Å². The van der Waals surface area contributed by atoms with E-state index in [0.717, 1.165) is 6.42 Å². The minimum atomic E-state index is -1.17. The van der Waals surface area contributed by atoms with Crippen LogP contribution in [0.2, 0.25) is 0 Å². The summed E-state index contributed by atoms with van der Waals surface area (Å²) >= 11 is 11.3. The van der Waals surface area contributed by atoms with Crippen LogP contribution in [0.15, 0.2) is 11.8 Å². The molecule has 0 saturated carbocycles. The van der Waals surface area contributed by atoms with Crippen molar-refractivity contribution in [1.82, 2.24) is 0 Å². The molecule has 77 valence electrons. The van der Waals surface area contributed by atoms with Gasteiger partial charge < -0.3 is 0 Å². The molecule has 0 aliphatic heterocycles. The van der Waals surface area contributed by atoms with Gasteiger partial charge in [0.25, 0.3) is 7.42 Å². The number of unbranched alkanes of at least 4 members (excludes halogenated alkanes) is 6. The van der Waals surface area contributed by atoms with Crippen LogP contribution in [-0.2, 0) is 0 Å². The zero-order valence-corrected chi connectivity index (χ0v) is 10.9. The second kappa shape index (κ2) is 10.6. The van der Waals surface area contributed by atoms with Gasteiger partial charge in [0.2, 0.25) is 0 Å². The molecule has 13 heavy (non-hydrogen) atoms. The van der Waals surface area contributed by atoms with Crippen molar-refractivity contribution in [1.29, 1.82) is 0 Å². The van der Waals surface area contributed by atoms with E-state index in [0.29, 0.717) is 0 Å². The Balaban J connectivity index is 2.99. The van der Waals surface area contributed by atoms with Crippen molar-refractivity contribution in [3.05, 3.63) is 11.8 Å². The zero-order chi connectivity index (χ0) is 9.94. The van der Waals surface area contributed by atoms with Gasteiger partial charge in [-0.15, -0.1) is 22.2 Å². The minimum absolute atomic E-state index is 1.14. The lowest BCUT2D eigenvalue weighted by atomic mass is 10.1. The summed E-state index contributed by atoms with van der Waals surface area (Å²) in [5.74, 6) is 0. The highest BCUT2D eigenvalue weighted by atomic mass is 35.7. The van der Waals surface area contributed by atoms with E-state index in [9.17, 15) is 0 Å². The van der Waals surface area contributed by atoms with E-state index in [4.69, 9.17) is 22.2 Å². The fraction of sp³-hybridized carbons (Fsp3) is 0.800. The van der Waals surface area contributed by atoms with Crippen molar-refractivity contribution in [3.8, 4) is 0 Å². The first-order valence-electron chi connectivity index (χ1n) is 5.12. The van der Waals surface area contributed by atoms with Gasteiger partial charge in [0.15, 0.2) is 0 Å². The second-order valence-corrected chi connectivity index (χ2v) is 7.18. The van der Waals surface area contributed by atoms with Crippen LogP contribution in [0.25, 0.3) is 0 Å². The Morgan fingerprint density at radius 3 is 2.23 bits per heavy atom. The maximum Gasteiger partial charge on any atom is 0.299 e. The van der Waals surface area contributed by atoms with E-state index in [2.05, 4.69) is 13.0 Å². The van der Waals surface area contributed by atoms with Crippen molar-refractivity contribution in [3.63, 3.8) is 0 Å². The first-order chi connectivity index (χ1) is 6.27. The molecule has 0 aromatic heterocycles. The lowest BCUT2D eigenvalue weighted by Gasteiger charge is -1.97. The predicted octanol–water partition coefficient (Wildman–Crippen LogP) is 4.80. The third-order valence-electron chi connectivity index (χ3n) is 1.97. The molecule has 0 aromatic rings. The Kier molecular flexibility index (Phi) is 11.1. The van der Waals surface area contributed by atoms with E-state index in [1.807, 2.05) is 5.70 Å². The van der Waals surface area contributed by atoms with Gasteiger partial charge in [-0.25, -0.2) is 0 Å². The Labute approximate surface area is 93.3 Å². The highest BCUT2D eigenvalue weighted by Gasteiger charge is 1.93. The van der Waals surface area contributed by atoms with Gasteiger partial charge in [-0.3, -0.25) is 0 Å². The Morgan fingerprint density at radius 2 is 1.62 bits per heavy atom. The number of halogens is 2. The van der Waals surface area contributed by atoms with Crippen molar-refractivity contribution in [2.75, 3.05) is 0 Å². The van der Waals surface area contributed by atoms with E-state index in [-0.39, 0.29) is 0 Å². The van der Waals surface area contributed by atoms with Crippen LogP contribution in [0.5, 0.6) is 0 Å². The number of rotatable bonds is 8. The summed E-state index contributed by atoms with van der Waals surface area (Å²) in [5, 5.41) is 0. The van der Waals surface area contributed by atoms with Crippen molar-refractivity contribution < 1.29 is 0 Å². The molecule has 0 nitrogen and oxygen atoms in total. The van der Waals surface area contributed by atoms with Gasteiger partial charge in [-0.05, 0) is 12.8 Å². The zero-order valence-electron chi connectivity index (χ0n) is 8.36. The Bertz CT molecular complexity index is 124. The quantitative estimate of drug-likeness (QED) is 0.324. The van der Waals surface area contributed by atoms with Crippen LogP contribution in [0.4, 0.5) is 0 Å². The Morgan fingerprint density at radius 1 is 1.00 bits per heavy atom. The van der Waals surface area contributed by atoms with Crippen LogP contribution in [0.3, 0.4) is 0 Å². The SMILES string of the molecule is CCCCCCCC/C=C/[Si](Cl)Cl. The molecule has 0 aliphatic rings. The molecule has 0 aromatic carbocycles. The van der Waals surface area contributed by atoms with E-state index in [1.54, 1.807) is 0 Å². The summed E-state index contributed by atoms with van der Waals surface area (Å²) in [7, 11) is -1.17. The summed E-state index contributed by atoms with van der Waals surface area (Å²) in [6, 6.07) is 0. The van der Waals surface area contributed by atoms with Gasteiger partial charge in [0, 0.05) is 0 Å². The standard InChI is InChI=1S/C10H19Cl2Si/c1-2-3-4-5-6-7-8-9-10-13(11)12/h9-10H,2-8H2,1H3/b10-9+. The predicted molar refractivity (Wildman–Crippen MR) is 64.6 cm³/mol. The molecule has 0 amide bonds. The summed E-state index contributed by atoms with van der Waals surface area (Å²) in [6.07, 6.45) is 11.4. The van der Waals surface area contributed by atoms with Crippen molar-refractivity contribution in [2.45, 2.75) is 51.9 Å². The number of allylic oxidation sites excluding steroid dienone is 1. The normalized spacial score (nSPS) is 11.7. The molecule has 0 aliphatic carbocycles. The molecule has 0 rings (SSSR count). The largest absolute Gasteiger partial charge is 0.299 e. The van der Waals surface area contributed by atoms with Crippen molar-refractivity contribution >= 4 is 29.6 Å². The lowest BCUT2D eigenvalue weighted by molar-refractivity contribution is 0.611. The van der Waals surface area contributed by atoms with Crippen molar-refractivity contribution in [2.24, 2.45) is 0 Å². The lowest BCUT2D eigenvalue weighted by Crippen LogP contribution is -1.83. The summed E-state index contributed by atoms with van der Waals surface area (Å²) in [6.45, 7) is 2.24. The van der Waals surface area contributed by atoms with Gasteiger partial charge in [0.1, 0.15) is 0 Å². The maximum absolute atomic E-state index is 5.64. The van der Waals surface area contributed by atoms with Crippen LogP contribution < -0.4 is 0 Å². The van der Waals surface area contributed by atoms with Crippen LogP contribution in [-0.4, -0.2) is 7.42 Å². The molecular formula is C10H19Cl2Si. The molecule has 1 radical (unpaired) electrons. The molecule has 0 atom stereocenters. The Hall–Kier alpha value is 0.537. The molecular weight excluding hydrogens is 219 g/mol. The fourth-order valence-corrected chi connectivity index (χ4v) is 2.09. The summed E-state index contributed by atoms with van der Waals surface area (Å²) in [4.78, 5) is 0. The molecule has 0 N–H and O–H groups in total. The van der Waals surface area contributed by atoms with Gasteiger partial charge >= 0.3 is 0 Å². The van der Waals surface area contributed by atoms with Gasteiger partial charge in [0.05, 0.1) is 0 Å².